The topological polar surface area (TPSA) is 35.6 Å². The van der Waals surface area contributed by atoms with Gasteiger partial charge in [0.1, 0.15) is 0 Å². The van der Waals surface area contributed by atoms with Gasteiger partial charge in [0.25, 0.3) is 0 Å². The van der Waals surface area contributed by atoms with Crippen molar-refractivity contribution < 1.29 is 18.0 Å². The molecule has 0 saturated carbocycles. The maximum absolute atomic E-state index is 13.4. The van der Waals surface area contributed by atoms with Crippen molar-refractivity contribution in [2.75, 3.05) is 49.7 Å². The van der Waals surface area contributed by atoms with Crippen LogP contribution in [0.4, 0.5) is 24.5 Å². The Balaban J connectivity index is 2.27. The van der Waals surface area contributed by atoms with E-state index in [1.54, 1.807) is 19.2 Å². The number of anilines is 2. The fourth-order valence-corrected chi connectivity index (χ4v) is 2.75. The lowest BCUT2D eigenvalue weighted by atomic mass is 10.1. The Morgan fingerprint density at radius 3 is 2.42 bits per heavy atom. The molecule has 1 unspecified atom stereocenters. The summed E-state index contributed by atoms with van der Waals surface area (Å²) in [5.74, 6) is -0.430. The zero-order chi connectivity index (χ0) is 17.9. The molecule has 2 rings (SSSR count). The van der Waals surface area contributed by atoms with E-state index in [4.69, 9.17) is 0 Å². The third-order valence-corrected chi connectivity index (χ3v) is 5.08. The third-order valence-electron chi connectivity index (χ3n) is 4.16. The van der Waals surface area contributed by atoms with Crippen LogP contribution in [-0.4, -0.2) is 55.5 Å². The van der Waals surface area contributed by atoms with Crippen molar-refractivity contribution in [3.05, 3.63) is 23.8 Å². The first kappa shape index (κ1) is 18.9. The van der Waals surface area contributed by atoms with Gasteiger partial charge in [-0.3, -0.25) is 4.79 Å². The molecule has 1 fully saturated rings. The van der Waals surface area contributed by atoms with E-state index in [2.05, 4.69) is 10.2 Å². The summed E-state index contributed by atoms with van der Waals surface area (Å²) in [5.41, 5.74) is -0.460. The van der Waals surface area contributed by atoms with Gasteiger partial charge in [-0.15, -0.1) is 0 Å². The largest absolute Gasteiger partial charge is 0.418 e. The van der Waals surface area contributed by atoms with Crippen LogP contribution < -0.4 is 10.2 Å². The number of piperazine rings is 1. The van der Waals surface area contributed by atoms with E-state index in [9.17, 15) is 18.0 Å². The van der Waals surface area contributed by atoms with E-state index in [1.165, 1.54) is 17.8 Å². The number of hydrogen-bond donors (Lipinski definition) is 1. The number of carbonyl (C=O) groups is 1. The molecular weight excluding hydrogens is 339 g/mol. The van der Waals surface area contributed by atoms with E-state index in [1.807, 2.05) is 11.9 Å². The SMILES string of the molecule is CSC(C)C(=O)Nc1ccc(N2CCN(C)CC2)cc1C(F)(F)F. The molecule has 1 atom stereocenters. The van der Waals surface area contributed by atoms with Gasteiger partial charge in [0.2, 0.25) is 5.91 Å². The van der Waals surface area contributed by atoms with E-state index >= 15 is 0 Å². The van der Waals surface area contributed by atoms with Crippen LogP contribution >= 0.6 is 11.8 Å². The summed E-state index contributed by atoms with van der Waals surface area (Å²) in [6.45, 7) is 4.65. The Hall–Kier alpha value is -1.41. The van der Waals surface area contributed by atoms with Gasteiger partial charge in [0, 0.05) is 31.9 Å². The van der Waals surface area contributed by atoms with Crippen LogP contribution in [0.15, 0.2) is 18.2 Å². The summed E-state index contributed by atoms with van der Waals surface area (Å²) < 4.78 is 40.2. The lowest BCUT2D eigenvalue weighted by Crippen LogP contribution is -2.44. The summed E-state index contributed by atoms with van der Waals surface area (Å²) in [5, 5.41) is 1.98. The molecule has 1 aliphatic heterocycles. The minimum Gasteiger partial charge on any atom is -0.369 e. The van der Waals surface area contributed by atoms with Gasteiger partial charge in [-0.2, -0.15) is 24.9 Å². The maximum Gasteiger partial charge on any atom is 0.418 e. The number of hydrogen-bond acceptors (Lipinski definition) is 4. The zero-order valence-electron chi connectivity index (χ0n) is 14.0. The normalized spacial score (nSPS) is 17.7. The van der Waals surface area contributed by atoms with Crippen molar-refractivity contribution in [1.82, 2.24) is 4.90 Å². The van der Waals surface area contributed by atoms with Crippen molar-refractivity contribution in [3.63, 3.8) is 0 Å². The fourth-order valence-electron chi connectivity index (χ4n) is 2.48. The minimum absolute atomic E-state index is 0.189. The summed E-state index contributed by atoms with van der Waals surface area (Å²) in [7, 11) is 1.99. The standard InChI is InChI=1S/C16H22F3N3OS/c1-11(24-3)15(23)20-14-5-4-12(10-13(14)16(17,18)19)22-8-6-21(2)7-9-22/h4-5,10-11H,6-9H2,1-3H3,(H,20,23). The maximum atomic E-state index is 13.4. The van der Waals surface area contributed by atoms with Crippen LogP contribution in [0.5, 0.6) is 0 Å². The van der Waals surface area contributed by atoms with Crippen molar-refractivity contribution >= 4 is 29.0 Å². The van der Waals surface area contributed by atoms with Crippen LogP contribution in [-0.2, 0) is 11.0 Å². The second kappa shape index (κ2) is 7.65. The molecule has 1 saturated heterocycles. The second-order valence-corrected chi connectivity index (χ2v) is 7.06. The average Bonchev–Trinajstić information content (AvgIpc) is 2.54. The number of rotatable bonds is 4. The van der Waals surface area contributed by atoms with Crippen molar-refractivity contribution in [3.8, 4) is 0 Å². The lowest BCUT2D eigenvalue weighted by molar-refractivity contribution is -0.136. The predicted molar refractivity (Wildman–Crippen MR) is 92.8 cm³/mol. The van der Waals surface area contributed by atoms with Crippen LogP contribution in [0.3, 0.4) is 0 Å². The van der Waals surface area contributed by atoms with Crippen molar-refractivity contribution in [2.45, 2.75) is 18.3 Å². The highest BCUT2D eigenvalue weighted by atomic mass is 32.2. The molecule has 8 heteroatoms. The second-order valence-electron chi connectivity index (χ2n) is 5.89. The first-order chi connectivity index (χ1) is 11.2. The van der Waals surface area contributed by atoms with Crippen LogP contribution in [0.1, 0.15) is 12.5 Å². The van der Waals surface area contributed by atoms with E-state index < -0.39 is 22.9 Å². The summed E-state index contributed by atoms with van der Waals surface area (Å²) >= 11 is 1.29. The van der Waals surface area contributed by atoms with Gasteiger partial charge in [-0.25, -0.2) is 0 Å². The molecule has 0 aliphatic carbocycles. The Labute approximate surface area is 144 Å². The molecule has 0 radical (unpaired) electrons. The highest BCUT2D eigenvalue weighted by Crippen LogP contribution is 2.37. The zero-order valence-corrected chi connectivity index (χ0v) is 14.8. The lowest BCUT2D eigenvalue weighted by Gasteiger charge is -2.34. The third kappa shape index (κ3) is 4.57. The quantitative estimate of drug-likeness (QED) is 0.894. The molecule has 4 nitrogen and oxygen atoms in total. The highest BCUT2D eigenvalue weighted by molar-refractivity contribution is 7.99. The van der Waals surface area contributed by atoms with Crippen molar-refractivity contribution in [1.29, 1.82) is 0 Å². The van der Waals surface area contributed by atoms with E-state index in [0.29, 0.717) is 18.8 Å². The number of nitrogens with one attached hydrogen (secondary N) is 1. The van der Waals surface area contributed by atoms with E-state index in [0.717, 1.165) is 19.2 Å². The molecule has 0 spiro atoms. The van der Waals surface area contributed by atoms with Crippen LogP contribution in [0.25, 0.3) is 0 Å². The summed E-state index contributed by atoms with van der Waals surface area (Å²) in [4.78, 5) is 16.0. The van der Waals surface area contributed by atoms with Gasteiger partial charge >= 0.3 is 6.18 Å². The molecule has 1 aromatic rings. The first-order valence-corrected chi connectivity index (χ1v) is 8.99. The van der Waals surface area contributed by atoms with Gasteiger partial charge in [-0.1, -0.05) is 0 Å². The number of nitrogens with zero attached hydrogens (tertiary/aromatic N) is 2. The predicted octanol–water partition coefficient (Wildman–Crippen LogP) is 3.15. The Morgan fingerprint density at radius 2 is 1.88 bits per heavy atom. The molecule has 1 N–H and O–H groups in total. The molecule has 1 aliphatic rings. The average molecular weight is 361 g/mol. The molecule has 1 heterocycles. The molecule has 1 aromatic carbocycles. The summed E-state index contributed by atoms with van der Waals surface area (Å²) in [6.07, 6.45) is -2.78. The first-order valence-electron chi connectivity index (χ1n) is 7.70. The molecule has 1 amide bonds. The number of alkyl halides is 3. The van der Waals surface area contributed by atoms with E-state index in [-0.39, 0.29) is 5.69 Å². The van der Waals surface area contributed by atoms with Gasteiger partial charge < -0.3 is 15.1 Å². The number of likely N-dealkylation sites (N-methyl/N-ethyl adjacent to an activating group) is 1. The van der Waals surface area contributed by atoms with Gasteiger partial charge in [-0.05, 0) is 38.4 Å². The molecule has 0 bridgehead atoms. The van der Waals surface area contributed by atoms with Crippen molar-refractivity contribution in [2.24, 2.45) is 0 Å². The number of amides is 1. The highest BCUT2D eigenvalue weighted by Gasteiger charge is 2.35. The molecule has 0 aromatic heterocycles. The van der Waals surface area contributed by atoms with Crippen LogP contribution in [0, 0.1) is 0 Å². The monoisotopic (exact) mass is 361 g/mol. The number of carbonyl (C=O) groups excluding carboxylic acids is 1. The smallest absolute Gasteiger partial charge is 0.369 e. The fraction of sp³-hybridized carbons (Fsp3) is 0.562. The summed E-state index contributed by atoms with van der Waals surface area (Å²) in [6, 6.07) is 4.12. The number of halogens is 3. The minimum atomic E-state index is -4.52. The molecular formula is C16H22F3N3OS. The number of thioether (sulfide) groups is 1. The van der Waals surface area contributed by atoms with Gasteiger partial charge in [0.05, 0.1) is 16.5 Å². The molecule has 24 heavy (non-hydrogen) atoms. The molecule has 134 valence electrons. The number of benzene rings is 1. The Morgan fingerprint density at radius 1 is 1.25 bits per heavy atom. The van der Waals surface area contributed by atoms with Crippen LogP contribution in [0.2, 0.25) is 0 Å². The van der Waals surface area contributed by atoms with Gasteiger partial charge in [0.15, 0.2) is 0 Å². The Kier molecular flexibility index (Phi) is 6.03. The Bertz CT molecular complexity index is 586.